The maximum atomic E-state index is 13.4. The highest BCUT2D eigenvalue weighted by Gasteiger charge is 2.24. The summed E-state index contributed by atoms with van der Waals surface area (Å²) in [6.07, 6.45) is 1.53. The Labute approximate surface area is 226 Å². The van der Waals surface area contributed by atoms with E-state index in [1.54, 1.807) is 24.3 Å². The van der Waals surface area contributed by atoms with Gasteiger partial charge < -0.3 is 15.0 Å². The van der Waals surface area contributed by atoms with Gasteiger partial charge in [-0.25, -0.2) is 4.79 Å². The predicted octanol–water partition coefficient (Wildman–Crippen LogP) is 5.85. The summed E-state index contributed by atoms with van der Waals surface area (Å²) in [5.41, 5.74) is 0.804. The lowest BCUT2D eigenvalue weighted by molar-refractivity contribution is -0.384. The second kappa shape index (κ2) is 11.3. The van der Waals surface area contributed by atoms with Crippen LogP contribution in [-0.2, 0) is 11.2 Å². The number of carbonyl (C=O) groups excluding carboxylic acids is 1. The van der Waals surface area contributed by atoms with Crippen molar-refractivity contribution in [3.8, 4) is 11.1 Å². The first-order valence-corrected chi connectivity index (χ1v) is 11.9. The average molecular weight is 552 g/mol. The van der Waals surface area contributed by atoms with Gasteiger partial charge in [0.2, 0.25) is 5.91 Å². The van der Waals surface area contributed by atoms with Gasteiger partial charge in [0.05, 0.1) is 16.1 Å². The monoisotopic (exact) mass is 551 g/mol. The highest BCUT2D eigenvalue weighted by Crippen LogP contribution is 2.32. The van der Waals surface area contributed by atoms with Crippen molar-refractivity contribution in [1.29, 1.82) is 0 Å². The summed E-state index contributed by atoms with van der Waals surface area (Å²) in [6.45, 7) is 0. The molecule has 1 atom stereocenters. The van der Waals surface area contributed by atoms with Gasteiger partial charge in [-0.3, -0.25) is 19.7 Å². The number of aromatic carboxylic acids is 1. The lowest BCUT2D eigenvalue weighted by atomic mass is 10.0. The fourth-order valence-corrected chi connectivity index (χ4v) is 4.19. The zero-order valence-corrected chi connectivity index (χ0v) is 21.0. The Morgan fingerprint density at radius 3 is 2.21 bits per heavy atom. The fraction of sp³-hybridized carbons (Fsp3) is 0.0741. The normalized spacial score (nSPS) is 11.5. The summed E-state index contributed by atoms with van der Waals surface area (Å²) in [5, 5.41) is 24.1. The van der Waals surface area contributed by atoms with Crippen molar-refractivity contribution in [2.24, 2.45) is 0 Å². The van der Waals surface area contributed by atoms with Crippen molar-refractivity contribution in [1.82, 2.24) is 4.57 Å². The Morgan fingerprint density at radius 2 is 1.61 bits per heavy atom. The first-order chi connectivity index (χ1) is 18.1. The quantitative estimate of drug-likeness (QED) is 0.208. The predicted molar refractivity (Wildman–Crippen MR) is 144 cm³/mol. The Bertz CT molecular complexity index is 1580. The first kappa shape index (κ1) is 26.6. The van der Waals surface area contributed by atoms with Crippen LogP contribution < -0.4 is 10.9 Å². The number of nitro groups is 1. The molecule has 11 heteroatoms. The van der Waals surface area contributed by atoms with Crippen LogP contribution in [0, 0.1) is 10.1 Å². The molecule has 0 fully saturated rings. The summed E-state index contributed by atoms with van der Waals surface area (Å²) in [6, 6.07) is 18.2. The molecule has 2 N–H and O–H groups in total. The van der Waals surface area contributed by atoms with Crippen LogP contribution in [0.3, 0.4) is 0 Å². The van der Waals surface area contributed by atoms with Gasteiger partial charge in [-0.05, 0) is 65.7 Å². The molecule has 192 valence electrons. The lowest BCUT2D eigenvalue weighted by Gasteiger charge is -2.20. The molecule has 1 unspecified atom stereocenters. The lowest BCUT2D eigenvalue weighted by Crippen LogP contribution is -2.34. The SMILES string of the molecule is O=C(O)c1ccc(NC(=O)C(Cc2ccc(Cl)cc2)n2ccc(-c3cc(Cl)ccc3[N+](=O)[O-])cc2=O)cc1. The van der Waals surface area contributed by atoms with E-state index in [9.17, 15) is 24.5 Å². The third-order valence-corrected chi connectivity index (χ3v) is 6.28. The van der Waals surface area contributed by atoms with Crippen molar-refractivity contribution < 1.29 is 19.6 Å². The zero-order chi connectivity index (χ0) is 27.4. The van der Waals surface area contributed by atoms with Gasteiger partial charge in [0.1, 0.15) is 6.04 Å². The summed E-state index contributed by atoms with van der Waals surface area (Å²) in [5.74, 6) is -1.62. The standard InChI is InChI=1S/C27H19Cl2N3O6/c28-19-5-1-16(2-6-19)13-24(26(34)30-21-8-3-17(4-9-21)27(35)36)31-12-11-18(14-25(31)33)22-15-20(29)7-10-23(22)32(37)38/h1-12,14-15,24H,13H2,(H,30,34)(H,35,36). The number of amides is 1. The van der Waals surface area contributed by atoms with Crippen LogP contribution >= 0.6 is 23.2 Å². The maximum Gasteiger partial charge on any atom is 0.335 e. The molecule has 4 rings (SSSR count). The molecule has 38 heavy (non-hydrogen) atoms. The van der Waals surface area contributed by atoms with Crippen molar-refractivity contribution in [2.75, 3.05) is 5.32 Å². The number of hydrogen-bond donors (Lipinski definition) is 2. The highest BCUT2D eigenvalue weighted by molar-refractivity contribution is 6.31. The molecule has 1 amide bonds. The minimum Gasteiger partial charge on any atom is -0.478 e. The second-order valence-electron chi connectivity index (χ2n) is 8.30. The van der Waals surface area contributed by atoms with Gasteiger partial charge in [0.15, 0.2) is 0 Å². The number of halogens is 2. The third-order valence-electron chi connectivity index (χ3n) is 5.79. The number of carboxylic acid groups (broad SMARTS) is 1. The Balaban J connectivity index is 1.71. The van der Waals surface area contributed by atoms with Crippen LogP contribution in [0.1, 0.15) is 22.0 Å². The Morgan fingerprint density at radius 1 is 0.947 bits per heavy atom. The second-order valence-corrected chi connectivity index (χ2v) is 9.17. The van der Waals surface area contributed by atoms with Crippen LogP contribution in [0.4, 0.5) is 11.4 Å². The van der Waals surface area contributed by atoms with Crippen LogP contribution in [0.2, 0.25) is 10.0 Å². The van der Waals surface area contributed by atoms with E-state index >= 15 is 0 Å². The first-order valence-electron chi connectivity index (χ1n) is 11.2. The number of anilines is 1. The number of nitrogens with zero attached hydrogens (tertiary/aromatic N) is 2. The van der Waals surface area contributed by atoms with E-state index in [4.69, 9.17) is 28.3 Å². The largest absolute Gasteiger partial charge is 0.478 e. The van der Waals surface area contributed by atoms with Crippen molar-refractivity contribution in [3.05, 3.63) is 127 Å². The van der Waals surface area contributed by atoms with Crippen LogP contribution in [0.25, 0.3) is 11.1 Å². The number of hydrogen-bond acceptors (Lipinski definition) is 5. The Hall–Kier alpha value is -4.47. The van der Waals surface area contributed by atoms with Gasteiger partial charge in [-0.15, -0.1) is 0 Å². The number of benzene rings is 3. The van der Waals surface area contributed by atoms with Crippen molar-refractivity contribution in [2.45, 2.75) is 12.5 Å². The zero-order valence-electron chi connectivity index (χ0n) is 19.5. The van der Waals surface area contributed by atoms with E-state index in [1.165, 1.54) is 65.4 Å². The molecule has 1 heterocycles. The molecule has 0 saturated carbocycles. The molecule has 3 aromatic carbocycles. The molecule has 0 aliphatic carbocycles. The number of pyridine rings is 1. The molecule has 9 nitrogen and oxygen atoms in total. The van der Waals surface area contributed by atoms with E-state index in [2.05, 4.69) is 5.32 Å². The van der Waals surface area contributed by atoms with E-state index in [-0.39, 0.29) is 33.8 Å². The fourth-order valence-electron chi connectivity index (χ4n) is 3.90. The third kappa shape index (κ3) is 6.08. The molecule has 0 spiro atoms. The summed E-state index contributed by atoms with van der Waals surface area (Å²) in [7, 11) is 0. The van der Waals surface area contributed by atoms with Crippen molar-refractivity contribution >= 4 is 46.5 Å². The topological polar surface area (TPSA) is 132 Å². The van der Waals surface area contributed by atoms with Gasteiger partial charge in [0, 0.05) is 40.5 Å². The van der Waals surface area contributed by atoms with Gasteiger partial charge >= 0.3 is 5.97 Å². The minimum atomic E-state index is -1.10. The maximum absolute atomic E-state index is 13.4. The molecule has 0 aliphatic heterocycles. The molecule has 4 aromatic rings. The van der Waals surface area contributed by atoms with E-state index < -0.39 is 28.4 Å². The van der Waals surface area contributed by atoms with Crippen LogP contribution in [0.5, 0.6) is 0 Å². The van der Waals surface area contributed by atoms with E-state index in [0.717, 1.165) is 5.56 Å². The number of aromatic nitrogens is 1. The highest BCUT2D eigenvalue weighted by atomic mass is 35.5. The number of rotatable bonds is 8. The molecule has 0 aliphatic rings. The average Bonchev–Trinajstić information content (AvgIpc) is 2.88. The van der Waals surface area contributed by atoms with Gasteiger partial charge in [-0.2, -0.15) is 0 Å². The van der Waals surface area contributed by atoms with Crippen LogP contribution in [0.15, 0.2) is 89.9 Å². The molecule has 0 bridgehead atoms. The summed E-state index contributed by atoms with van der Waals surface area (Å²) in [4.78, 5) is 48.7. The number of carboxylic acids is 1. The van der Waals surface area contributed by atoms with Crippen molar-refractivity contribution in [3.63, 3.8) is 0 Å². The van der Waals surface area contributed by atoms with Gasteiger partial charge in [0.25, 0.3) is 11.2 Å². The van der Waals surface area contributed by atoms with Gasteiger partial charge in [-0.1, -0.05) is 35.3 Å². The number of nitrogens with one attached hydrogen (secondary N) is 1. The van der Waals surface area contributed by atoms with Crippen LogP contribution in [-0.4, -0.2) is 26.5 Å². The van der Waals surface area contributed by atoms with E-state index in [0.29, 0.717) is 10.7 Å². The Kier molecular flexibility index (Phi) is 7.90. The molecule has 0 radical (unpaired) electrons. The molecule has 1 aromatic heterocycles. The molecular weight excluding hydrogens is 533 g/mol. The molecule has 0 saturated heterocycles. The number of nitro benzene ring substituents is 1. The van der Waals surface area contributed by atoms with E-state index in [1.807, 2.05) is 0 Å². The summed E-state index contributed by atoms with van der Waals surface area (Å²) >= 11 is 12.0. The smallest absolute Gasteiger partial charge is 0.335 e. The number of carbonyl (C=O) groups is 2. The summed E-state index contributed by atoms with van der Waals surface area (Å²) < 4.78 is 1.23. The minimum absolute atomic E-state index is 0.0580. The molecular formula is C27H19Cl2N3O6.